The number of amides is 2. The highest BCUT2D eigenvalue weighted by atomic mass is 16.2. The Kier molecular flexibility index (Phi) is 5.81. The van der Waals surface area contributed by atoms with Gasteiger partial charge in [-0.3, -0.25) is 4.98 Å². The summed E-state index contributed by atoms with van der Waals surface area (Å²) in [5.74, 6) is 0.998. The van der Waals surface area contributed by atoms with Gasteiger partial charge in [0.1, 0.15) is 5.82 Å². The zero-order valence-electron chi connectivity index (χ0n) is 15.9. The minimum absolute atomic E-state index is 0.135. The Morgan fingerprint density at radius 2 is 2.00 bits per heavy atom. The summed E-state index contributed by atoms with van der Waals surface area (Å²) in [4.78, 5) is 29.9. The standard InChI is InChI=1S/C20H27N5O/c1-4-24(5-2)20(26)25-12-6-7-17(14-25)19-18(13-22-15(3)23-19)16-8-10-21-11-9-16/h8-11,13,17H,4-7,12,14H2,1-3H3. The normalized spacial score (nSPS) is 17.2. The zero-order valence-corrected chi connectivity index (χ0v) is 15.9. The molecule has 3 rings (SSSR count). The number of hydrogen-bond donors (Lipinski definition) is 0. The van der Waals surface area contributed by atoms with Gasteiger partial charge in [0.15, 0.2) is 0 Å². The van der Waals surface area contributed by atoms with Crippen LogP contribution in [-0.4, -0.2) is 57.0 Å². The van der Waals surface area contributed by atoms with Gasteiger partial charge in [-0.15, -0.1) is 0 Å². The van der Waals surface area contributed by atoms with E-state index in [1.54, 1.807) is 12.4 Å². The highest BCUT2D eigenvalue weighted by Gasteiger charge is 2.29. The number of carbonyl (C=O) groups is 1. The van der Waals surface area contributed by atoms with Gasteiger partial charge in [0.25, 0.3) is 0 Å². The molecule has 0 saturated carbocycles. The fourth-order valence-electron chi connectivity index (χ4n) is 3.62. The average molecular weight is 353 g/mol. The number of rotatable bonds is 4. The molecule has 3 heterocycles. The van der Waals surface area contributed by atoms with Crippen LogP contribution in [0.4, 0.5) is 4.79 Å². The third-order valence-corrected chi connectivity index (χ3v) is 5.04. The molecular weight excluding hydrogens is 326 g/mol. The lowest BCUT2D eigenvalue weighted by atomic mass is 9.90. The second kappa shape index (κ2) is 8.25. The molecule has 2 aromatic heterocycles. The highest BCUT2D eigenvalue weighted by molar-refractivity contribution is 5.74. The second-order valence-electron chi connectivity index (χ2n) is 6.69. The fraction of sp³-hybridized carbons (Fsp3) is 0.500. The number of urea groups is 1. The maximum Gasteiger partial charge on any atom is 0.319 e. The van der Waals surface area contributed by atoms with Crippen LogP contribution in [0.25, 0.3) is 11.1 Å². The first-order valence-corrected chi connectivity index (χ1v) is 9.41. The van der Waals surface area contributed by atoms with Gasteiger partial charge in [0.05, 0.1) is 5.69 Å². The Morgan fingerprint density at radius 3 is 2.69 bits per heavy atom. The van der Waals surface area contributed by atoms with E-state index in [9.17, 15) is 4.79 Å². The van der Waals surface area contributed by atoms with Crippen LogP contribution in [0.3, 0.4) is 0 Å². The summed E-state index contributed by atoms with van der Waals surface area (Å²) in [6, 6.07) is 4.11. The molecule has 0 bridgehead atoms. The van der Waals surface area contributed by atoms with E-state index in [4.69, 9.17) is 4.98 Å². The zero-order chi connectivity index (χ0) is 18.5. The molecule has 1 aliphatic rings. The Morgan fingerprint density at radius 1 is 1.27 bits per heavy atom. The molecule has 0 radical (unpaired) electrons. The summed E-state index contributed by atoms with van der Waals surface area (Å²) >= 11 is 0. The SMILES string of the molecule is CCN(CC)C(=O)N1CCCC(c2nc(C)ncc2-c2ccncc2)C1. The molecule has 138 valence electrons. The van der Waals surface area contributed by atoms with Gasteiger partial charge in [-0.1, -0.05) is 0 Å². The van der Waals surface area contributed by atoms with Gasteiger partial charge >= 0.3 is 6.03 Å². The molecule has 1 fully saturated rings. The maximum absolute atomic E-state index is 12.8. The van der Waals surface area contributed by atoms with Gasteiger partial charge in [-0.2, -0.15) is 0 Å². The molecule has 0 spiro atoms. The quantitative estimate of drug-likeness (QED) is 0.844. The van der Waals surface area contributed by atoms with Crippen molar-refractivity contribution in [1.82, 2.24) is 24.8 Å². The van der Waals surface area contributed by atoms with Crippen LogP contribution in [0.2, 0.25) is 0 Å². The molecule has 1 atom stereocenters. The summed E-state index contributed by atoms with van der Waals surface area (Å²) < 4.78 is 0. The van der Waals surface area contributed by atoms with Gasteiger partial charge in [0, 0.05) is 56.3 Å². The predicted octanol–water partition coefficient (Wildman–Crippen LogP) is 3.49. The van der Waals surface area contributed by atoms with Crippen molar-refractivity contribution >= 4 is 6.03 Å². The van der Waals surface area contributed by atoms with E-state index >= 15 is 0 Å². The predicted molar refractivity (Wildman–Crippen MR) is 102 cm³/mol. The third-order valence-electron chi connectivity index (χ3n) is 5.04. The number of nitrogens with zero attached hydrogens (tertiary/aromatic N) is 5. The largest absolute Gasteiger partial charge is 0.325 e. The molecule has 2 amide bonds. The lowest BCUT2D eigenvalue weighted by Crippen LogP contribution is -2.47. The molecule has 2 aromatic rings. The van der Waals surface area contributed by atoms with Gasteiger partial charge in [-0.25, -0.2) is 14.8 Å². The maximum atomic E-state index is 12.8. The first-order valence-electron chi connectivity index (χ1n) is 9.41. The van der Waals surface area contributed by atoms with Crippen LogP contribution in [0.15, 0.2) is 30.7 Å². The fourth-order valence-corrected chi connectivity index (χ4v) is 3.62. The molecule has 1 saturated heterocycles. The Bertz CT molecular complexity index is 745. The summed E-state index contributed by atoms with van der Waals surface area (Å²) in [5.41, 5.74) is 3.16. The van der Waals surface area contributed by atoms with Crippen LogP contribution >= 0.6 is 0 Å². The van der Waals surface area contributed by atoms with E-state index in [-0.39, 0.29) is 11.9 Å². The van der Waals surface area contributed by atoms with Crippen LogP contribution < -0.4 is 0 Å². The minimum atomic E-state index is 0.135. The van der Waals surface area contributed by atoms with Crippen LogP contribution in [-0.2, 0) is 0 Å². The molecule has 0 aromatic carbocycles. The van der Waals surface area contributed by atoms with Crippen molar-refractivity contribution in [3.05, 3.63) is 42.2 Å². The van der Waals surface area contributed by atoms with E-state index in [1.807, 2.05) is 48.9 Å². The lowest BCUT2D eigenvalue weighted by Gasteiger charge is -2.36. The first-order chi connectivity index (χ1) is 12.6. The van der Waals surface area contributed by atoms with Crippen molar-refractivity contribution < 1.29 is 4.79 Å². The van der Waals surface area contributed by atoms with Crippen molar-refractivity contribution in [3.8, 4) is 11.1 Å². The van der Waals surface area contributed by atoms with Gasteiger partial charge < -0.3 is 9.80 Å². The summed E-state index contributed by atoms with van der Waals surface area (Å²) in [7, 11) is 0. The Balaban J connectivity index is 1.89. The molecule has 6 nitrogen and oxygen atoms in total. The van der Waals surface area contributed by atoms with E-state index in [1.165, 1.54) is 0 Å². The molecule has 0 aliphatic carbocycles. The second-order valence-corrected chi connectivity index (χ2v) is 6.69. The van der Waals surface area contributed by atoms with E-state index in [0.29, 0.717) is 6.54 Å². The van der Waals surface area contributed by atoms with Crippen molar-refractivity contribution in [2.45, 2.75) is 39.5 Å². The average Bonchev–Trinajstić information content (AvgIpc) is 2.69. The summed E-state index contributed by atoms with van der Waals surface area (Å²) in [6.45, 7) is 8.99. The number of carbonyl (C=O) groups excluding carboxylic acids is 1. The molecule has 26 heavy (non-hydrogen) atoms. The number of pyridine rings is 1. The summed E-state index contributed by atoms with van der Waals surface area (Å²) in [5, 5.41) is 0. The first kappa shape index (κ1) is 18.3. The van der Waals surface area contributed by atoms with E-state index in [2.05, 4.69) is 9.97 Å². The van der Waals surface area contributed by atoms with Crippen molar-refractivity contribution in [3.63, 3.8) is 0 Å². The number of piperidine rings is 1. The minimum Gasteiger partial charge on any atom is -0.325 e. The third kappa shape index (κ3) is 3.84. The number of aryl methyl sites for hydroxylation is 1. The smallest absolute Gasteiger partial charge is 0.319 e. The van der Waals surface area contributed by atoms with Crippen LogP contribution in [0.1, 0.15) is 44.1 Å². The summed E-state index contributed by atoms with van der Waals surface area (Å²) in [6.07, 6.45) is 7.51. The molecule has 6 heteroatoms. The molecule has 0 N–H and O–H groups in total. The van der Waals surface area contributed by atoms with Gasteiger partial charge in [-0.05, 0) is 51.3 Å². The van der Waals surface area contributed by atoms with Gasteiger partial charge in [0.2, 0.25) is 0 Å². The Labute approximate surface area is 155 Å². The topological polar surface area (TPSA) is 62.2 Å². The number of hydrogen-bond acceptors (Lipinski definition) is 4. The number of likely N-dealkylation sites (tertiary alicyclic amines) is 1. The van der Waals surface area contributed by atoms with E-state index in [0.717, 1.165) is 55.1 Å². The van der Waals surface area contributed by atoms with Crippen molar-refractivity contribution in [2.75, 3.05) is 26.2 Å². The Hall–Kier alpha value is -2.50. The van der Waals surface area contributed by atoms with Crippen molar-refractivity contribution in [1.29, 1.82) is 0 Å². The van der Waals surface area contributed by atoms with Crippen molar-refractivity contribution in [2.24, 2.45) is 0 Å². The van der Waals surface area contributed by atoms with Crippen LogP contribution in [0, 0.1) is 6.92 Å². The molecule has 1 unspecified atom stereocenters. The highest BCUT2D eigenvalue weighted by Crippen LogP contribution is 2.33. The van der Waals surface area contributed by atoms with Crippen LogP contribution in [0.5, 0.6) is 0 Å². The molecular formula is C20H27N5O. The molecule has 1 aliphatic heterocycles. The monoisotopic (exact) mass is 353 g/mol. The van der Waals surface area contributed by atoms with E-state index < -0.39 is 0 Å². The number of aromatic nitrogens is 3. The lowest BCUT2D eigenvalue weighted by molar-refractivity contribution is 0.142.